The van der Waals surface area contributed by atoms with Crippen LogP contribution < -0.4 is 0 Å². The van der Waals surface area contributed by atoms with Crippen molar-refractivity contribution in [3.63, 3.8) is 0 Å². The monoisotopic (exact) mass is 692 g/mol. The third-order valence-electron chi connectivity index (χ3n) is 11.1. The summed E-state index contributed by atoms with van der Waals surface area (Å²) in [6.45, 7) is 10.00. The second kappa shape index (κ2) is 13.4. The molecule has 12 nitrogen and oxygen atoms in total. The fourth-order valence-electron chi connectivity index (χ4n) is 8.93. The van der Waals surface area contributed by atoms with E-state index in [1.54, 1.807) is 50.2 Å². The molecule has 12 heteroatoms. The molecule has 3 aliphatic rings. The largest absolute Gasteiger partial charge is 0.458 e. The van der Waals surface area contributed by atoms with Gasteiger partial charge in [-0.25, -0.2) is 9.59 Å². The van der Waals surface area contributed by atoms with E-state index in [2.05, 4.69) is 6.58 Å². The third-order valence-corrected chi connectivity index (χ3v) is 11.1. The van der Waals surface area contributed by atoms with Gasteiger partial charge in [-0.15, -0.1) is 6.58 Å². The Kier molecular flexibility index (Phi) is 9.87. The van der Waals surface area contributed by atoms with Crippen molar-refractivity contribution in [2.24, 2.45) is 28.1 Å². The maximum Gasteiger partial charge on any atom is 0.338 e. The lowest BCUT2D eigenvalue weighted by Gasteiger charge is -2.69. The van der Waals surface area contributed by atoms with Crippen LogP contribution >= 0.6 is 0 Å². The van der Waals surface area contributed by atoms with Crippen LogP contribution in [0.4, 0.5) is 0 Å². The summed E-state index contributed by atoms with van der Waals surface area (Å²) in [5.41, 5.74) is -7.23. The number of fused-ring (bicyclic) bond motifs is 3. The van der Waals surface area contributed by atoms with Crippen molar-refractivity contribution < 1.29 is 58.2 Å². The number of aliphatic hydroxyl groups excluding tert-OH is 2. The minimum atomic E-state index is -2.70. The first-order valence-electron chi connectivity index (χ1n) is 16.5. The van der Waals surface area contributed by atoms with Crippen molar-refractivity contribution in [3.8, 4) is 0 Å². The smallest absolute Gasteiger partial charge is 0.338 e. The van der Waals surface area contributed by atoms with Crippen LogP contribution in [0, 0.1) is 28.1 Å². The van der Waals surface area contributed by atoms with Crippen molar-refractivity contribution in [1.82, 2.24) is 0 Å². The highest BCUT2D eigenvalue weighted by Crippen LogP contribution is 2.67. The number of carbonyl (C=O) groups is 5. The number of Topliss-reactive ketones (excluding diaryl/α,β-unsaturated/α-hetero) is 1. The topological polar surface area (TPSA) is 183 Å². The summed E-state index contributed by atoms with van der Waals surface area (Å²) in [5, 5.41) is 36.4. The molecule has 0 spiro atoms. The van der Waals surface area contributed by atoms with Crippen LogP contribution in [0.1, 0.15) is 68.2 Å². The molecule has 10 atom stereocenters. The van der Waals surface area contributed by atoms with E-state index in [4.69, 9.17) is 18.9 Å². The summed E-state index contributed by atoms with van der Waals surface area (Å²) >= 11 is 0. The predicted octanol–water partition coefficient (Wildman–Crippen LogP) is 3.21. The van der Waals surface area contributed by atoms with Gasteiger partial charge in [0.05, 0.1) is 29.3 Å². The summed E-state index contributed by atoms with van der Waals surface area (Å²) < 4.78 is 24.0. The first kappa shape index (κ1) is 36.9. The van der Waals surface area contributed by atoms with Crippen molar-refractivity contribution in [3.05, 3.63) is 84.4 Å². The number of hydrogen-bond donors (Lipinski definition) is 3. The van der Waals surface area contributed by atoms with Crippen LogP contribution in [0.5, 0.6) is 0 Å². The van der Waals surface area contributed by atoms with Crippen LogP contribution in [0.25, 0.3) is 0 Å². The van der Waals surface area contributed by atoms with Gasteiger partial charge in [-0.2, -0.15) is 0 Å². The number of ether oxygens (including phenoxy) is 4. The normalized spacial score (nSPS) is 35.8. The molecule has 5 rings (SSSR count). The van der Waals surface area contributed by atoms with Crippen LogP contribution in [0.3, 0.4) is 0 Å². The van der Waals surface area contributed by atoms with E-state index in [1.807, 2.05) is 0 Å². The van der Waals surface area contributed by atoms with Gasteiger partial charge in [-0.1, -0.05) is 56.3 Å². The van der Waals surface area contributed by atoms with Crippen LogP contribution in [0.15, 0.2) is 73.3 Å². The molecule has 0 unspecified atom stereocenters. The Bertz CT molecular complexity index is 1660. The highest BCUT2D eigenvalue weighted by atomic mass is 16.6. The zero-order valence-electron chi connectivity index (χ0n) is 28.7. The van der Waals surface area contributed by atoms with Crippen molar-refractivity contribution in [2.75, 3.05) is 6.61 Å². The SMILES string of the molecule is C=C[C@@]1(C)C[C@@H](OC(=O)c2ccccc2)[C@H]2[C@](O)(C1=O)[C@H](O)C[C@H]1C(C)(C)[C@H](OC(C)=O)[C@H](OC(C)=O)[C@H](OC(=O)c3ccccc3)[C@@]12CO. The Labute approximate surface area is 290 Å². The van der Waals surface area contributed by atoms with E-state index < -0.39 is 100 Å². The molecule has 3 aliphatic carbocycles. The number of ketones is 1. The number of hydrogen-bond acceptors (Lipinski definition) is 12. The summed E-state index contributed by atoms with van der Waals surface area (Å²) in [7, 11) is 0. The van der Waals surface area contributed by atoms with E-state index in [9.17, 15) is 39.3 Å². The van der Waals surface area contributed by atoms with Gasteiger partial charge in [0.25, 0.3) is 0 Å². The highest BCUT2D eigenvalue weighted by molar-refractivity contribution is 5.96. The maximum atomic E-state index is 14.5. The standard InChI is InChI=1S/C38H44O12/c1-7-36(6)19-25(49-32(43)23-14-10-8-11-15-23)29-37(20-39)26(18-27(42)38(29,46)34(36)45)35(4,5)30(48-22(3)41)28(47-21(2)40)31(37)50-33(44)24-16-12-9-13-17-24/h7-17,25-31,39,42,46H,1,18-20H2,2-6H3/t25-,26+,27-,28+,29-,30-,31+,36+,37+,38+/m1/s1. The molecule has 3 saturated carbocycles. The number of aliphatic hydroxyl groups is 3. The van der Waals surface area contributed by atoms with Gasteiger partial charge < -0.3 is 34.3 Å². The average Bonchev–Trinajstić information content (AvgIpc) is 3.08. The molecule has 2 aromatic carbocycles. The molecular formula is C38H44O12. The second-order valence-electron chi connectivity index (χ2n) is 14.5. The summed E-state index contributed by atoms with van der Waals surface area (Å²) in [4.78, 5) is 67.4. The number of benzene rings is 2. The molecule has 0 heterocycles. The Morgan fingerprint density at radius 2 is 1.36 bits per heavy atom. The molecule has 0 aromatic heterocycles. The number of rotatable bonds is 8. The van der Waals surface area contributed by atoms with E-state index >= 15 is 0 Å². The van der Waals surface area contributed by atoms with Gasteiger partial charge in [0, 0.05) is 37.0 Å². The maximum absolute atomic E-state index is 14.5. The summed E-state index contributed by atoms with van der Waals surface area (Å²) in [5.74, 6) is -6.81. The number of carbonyl (C=O) groups excluding carboxylic acids is 5. The zero-order valence-corrected chi connectivity index (χ0v) is 28.7. The van der Waals surface area contributed by atoms with Crippen molar-refractivity contribution in [1.29, 1.82) is 0 Å². The van der Waals surface area contributed by atoms with Gasteiger partial charge in [0.15, 0.2) is 23.6 Å². The molecule has 0 bridgehead atoms. The minimum Gasteiger partial charge on any atom is -0.458 e. The second-order valence-corrected chi connectivity index (χ2v) is 14.5. The van der Waals surface area contributed by atoms with Gasteiger partial charge >= 0.3 is 23.9 Å². The van der Waals surface area contributed by atoms with Crippen molar-refractivity contribution >= 4 is 29.7 Å². The van der Waals surface area contributed by atoms with Crippen LogP contribution in [0.2, 0.25) is 0 Å². The van der Waals surface area contributed by atoms with Gasteiger partial charge in [0.2, 0.25) is 0 Å². The van der Waals surface area contributed by atoms with Gasteiger partial charge in [-0.05, 0) is 43.5 Å². The third kappa shape index (κ3) is 5.82. The summed E-state index contributed by atoms with van der Waals surface area (Å²) in [6, 6.07) is 15.8. The lowest BCUT2D eigenvalue weighted by atomic mass is 9.38. The number of esters is 4. The fraction of sp³-hybridized carbons (Fsp3) is 0.500. The fourth-order valence-corrected chi connectivity index (χ4v) is 8.93. The quantitative estimate of drug-likeness (QED) is 0.209. The lowest BCUT2D eigenvalue weighted by molar-refractivity contribution is -0.325. The highest BCUT2D eigenvalue weighted by Gasteiger charge is 2.79. The first-order chi connectivity index (χ1) is 23.5. The Balaban J connectivity index is 1.81. The zero-order chi connectivity index (χ0) is 36.8. The Hall–Kier alpha value is -4.39. The Morgan fingerprint density at radius 3 is 1.84 bits per heavy atom. The number of allylic oxidation sites excluding steroid dienone is 1. The van der Waals surface area contributed by atoms with Crippen molar-refractivity contribution in [2.45, 2.75) is 83.6 Å². The predicted molar refractivity (Wildman–Crippen MR) is 176 cm³/mol. The Morgan fingerprint density at radius 1 is 0.840 bits per heavy atom. The molecule has 3 N–H and O–H groups in total. The van der Waals surface area contributed by atoms with Gasteiger partial charge in [-0.3, -0.25) is 14.4 Å². The summed E-state index contributed by atoms with van der Waals surface area (Å²) in [6.07, 6.45) is -7.08. The van der Waals surface area contributed by atoms with E-state index in [1.165, 1.54) is 37.3 Å². The van der Waals surface area contributed by atoms with Gasteiger partial charge in [0.1, 0.15) is 12.2 Å². The molecule has 50 heavy (non-hydrogen) atoms. The van der Waals surface area contributed by atoms with Crippen LogP contribution in [-0.2, 0) is 33.3 Å². The first-order valence-corrected chi connectivity index (χ1v) is 16.5. The molecule has 0 amide bonds. The molecule has 0 saturated heterocycles. The molecule has 2 aromatic rings. The molecule has 0 aliphatic heterocycles. The molecule has 268 valence electrons. The lowest BCUT2D eigenvalue weighted by Crippen LogP contribution is -2.82. The van der Waals surface area contributed by atoms with E-state index in [0.29, 0.717) is 0 Å². The molecule has 0 radical (unpaired) electrons. The van der Waals surface area contributed by atoms with Crippen LogP contribution in [-0.4, -0.2) is 87.7 Å². The van der Waals surface area contributed by atoms with E-state index in [0.717, 1.165) is 13.8 Å². The van der Waals surface area contributed by atoms with E-state index in [-0.39, 0.29) is 24.0 Å². The molecular weight excluding hydrogens is 648 g/mol. The average molecular weight is 693 g/mol. The minimum absolute atomic E-state index is 0.0877. The molecule has 3 fully saturated rings.